The van der Waals surface area contributed by atoms with Crippen molar-refractivity contribution in [3.05, 3.63) is 11.6 Å². The first-order valence-electron chi connectivity index (χ1n) is 11.3. The molecular formula is C21H38FN5O2. The minimum absolute atomic E-state index is 0.0612. The molecule has 5 N–H and O–H groups in total. The van der Waals surface area contributed by atoms with Gasteiger partial charge in [-0.1, -0.05) is 11.6 Å². The SMILES string of the molecule is CNC1CC(C)NC(NC2CC3OCCOC3C(C3=CCN[C@H](C)CC3)C2F)N1. The lowest BCUT2D eigenvalue weighted by Crippen LogP contribution is -2.70. The Morgan fingerprint density at radius 3 is 2.76 bits per heavy atom. The summed E-state index contributed by atoms with van der Waals surface area (Å²) in [5.74, 6) is -0.250. The van der Waals surface area contributed by atoms with Crippen LogP contribution < -0.4 is 26.6 Å². The van der Waals surface area contributed by atoms with Crippen LogP contribution in [0.1, 0.15) is 39.5 Å². The predicted octanol–water partition coefficient (Wildman–Crippen LogP) is 0.585. The second kappa shape index (κ2) is 9.68. The maximum absolute atomic E-state index is 16.0. The molecule has 8 unspecified atom stereocenters. The highest BCUT2D eigenvalue weighted by atomic mass is 19.1. The van der Waals surface area contributed by atoms with Crippen molar-refractivity contribution in [2.45, 2.75) is 88.5 Å². The molecule has 4 aliphatic rings. The minimum atomic E-state index is -1.01. The molecule has 7 nitrogen and oxygen atoms in total. The fraction of sp³-hybridized carbons (Fsp3) is 0.905. The van der Waals surface area contributed by atoms with E-state index in [0.29, 0.717) is 31.7 Å². The van der Waals surface area contributed by atoms with Gasteiger partial charge in [0.2, 0.25) is 0 Å². The molecule has 3 fully saturated rings. The Labute approximate surface area is 173 Å². The number of hydrogen-bond acceptors (Lipinski definition) is 7. The molecule has 3 heterocycles. The molecule has 4 rings (SSSR count). The predicted molar refractivity (Wildman–Crippen MR) is 111 cm³/mol. The number of nitrogens with one attached hydrogen (secondary N) is 5. The molecule has 166 valence electrons. The van der Waals surface area contributed by atoms with Crippen LogP contribution >= 0.6 is 0 Å². The Balaban J connectivity index is 1.50. The van der Waals surface area contributed by atoms with E-state index in [1.165, 1.54) is 5.57 Å². The van der Waals surface area contributed by atoms with E-state index < -0.39 is 6.17 Å². The van der Waals surface area contributed by atoms with Crippen LogP contribution in [0, 0.1) is 5.92 Å². The zero-order valence-electron chi connectivity index (χ0n) is 17.9. The van der Waals surface area contributed by atoms with Gasteiger partial charge in [0.15, 0.2) is 0 Å². The van der Waals surface area contributed by atoms with Crippen molar-refractivity contribution < 1.29 is 13.9 Å². The van der Waals surface area contributed by atoms with Gasteiger partial charge in [-0.15, -0.1) is 0 Å². The molecule has 0 aromatic rings. The lowest BCUT2D eigenvalue weighted by Gasteiger charge is -2.48. The van der Waals surface area contributed by atoms with Gasteiger partial charge in [-0.2, -0.15) is 0 Å². The molecule has 0 spiro atoms. The van der Waals surface area contributed by atoms with Crippen LogP contribution in [0.5, 0.6) is 0 Å². The van der Waals surface area contributed by atoms with Gasteiger partial charge < -0.3 is 20.1 Å². The molecule has 0 aromatic carbocycles. The summed E-state index contributed by atoms with van der Waals surface area (Å²) in [5.41, 5.74) is 1.19. The highest BCUT2D eigenvalue weighted by Crippen LogP contribution is 2.40. The summed E-state index contributed by atoms with van der Waals surface area (Å²) in [5, 5.41) is 17.3. The summed E-state index contributed by atoms with van der Waals surface area (Å²) in [6.45, 7) is 6.29. The largest absolute Gasteiger partial charge is 0.373 e. The van der Waals surface area contributed by atoms with Gasteiger partial charge in [0.1, 0.15) is 12.5 Å². The zero-order valence-corrected chi connectivity index (χ0v) is 17.9. The first-order chi connectivity index (χ1) is 14.0. The molecule has 2 saturated heterocycles. The molecule has 8 heteroatoms. The molecule has 3 aliphatic heterocycles. The van der Waals surface area contributed by atoms with E-state index in [9.17, 15) is 0 Å². The standard InChI is InChI=1S/C21H38FN5O2/c1-12-4-5-14(6-7-24-12)18-19(22)15(11-16-20(18)29-9-8-28-16)26-21-25-13(2)10-17(23-3)27-21/h6,12-13,15-21,23-27H,4-5,7-11H2,1-3H3/t12-,13?,15?,16?,17?,18?,19?,20?,21?/m1/s1. The van der Waals surface area contributed by atoms with Crippen LogP contribution in [0.25, 0.3) is 0 Å². The summed E-state index contributed by atoms with van der Waals surface area (Å²) < 4.78 is 28.1. The first kappa shape index (κ1) is 21.6. The Morgan fingerprint density at radius 2 is 1.93 bits per heavy atom. The van der Waals surface area contributed by atoms with E-state index in [4.69, 9.17) is 9.47 Å². The topological polar surface area (TPSA) is 78.6 Å². The van der Waals surface area contributed by atoms with Gasteiger partial charge >= 0.3 is 0 Å². The number of alkyl halides is 1. The van der Waals surface area contributed by atoms with Gasteiger partial charge in [0.25, 0.3) is 0 Å². The highest BCUT2D eigenvalue weighted by molar-refractivity contribution is 5.19. The van der Waals surface area contributed by atoms with Gasteiger partial charge in [-0.3, -0.25) is 16.0 Å². The number of fused-ring (bicyclic) bond motifs is 1. The fourth-order valence-electron chi connectivity index (χ4n) is 5.33. The molecule has 1 saturated carbocycles. The summed E-state index contributed by atoms with van der Waals surface area (Å²) in [6.07, 6.45) is 4.56. The quantitative estimate of drug-likeness (QED) is 0.433. The Hall–Kier alpha value is -0.610. The normalized spacial score (nSPS) is 46.5. The van der Waals surface area contributed by atoms with Crippen molar-refractivity contribution in [2.24, 2.45) is 5.92 Å². The van der Waals surface area contributed by atoms with Crippen LogP contribution in [0.4, 0.5) is 4.39 Å². The monoisotopic (exact) mass is 411 g/mol. The number of rotatable bonds is 4. The second-order valence-corrected chi connectivity index (χ2v) is 9.10. The Bertz CT molecular complexity index is 579. The van der Waals surface area contributed by atoms with E-state index in [-0.39, 0.29) is 36.6 Å². The third kappa shape index (κ3) is 5.01. The fourth-order valence-corrected chi connectivity index (χ4v) is 5.33. The summed E-state index contributed by atoms with van der Waals surface area (Å²) in [7, 11) is 1.95. The van der Waals surface area contributed by atoms with E-state index in [1.807, 2.05) is 7.05 Å². The van der Waals surface area contributed by atoms with Crippen molar-refractivity contribution in [2.75, 3.05) is 26.8 Å². The second-order valence-electron chi connectivity index (χ2n) is 9.10. The third-order valence-electron chi connectivity index (χ3n) is 6.92. The van der Waals surface area contributed by atoms with Crippen molar-refractivity contribution in [3.63, 3.8) is 0 Å². The van der Waals surface area contributed by atoms with Crippen molar-refractivity contribution >= 4 is 0 Å². The van der Waals surface area contributed by atoms with E-state index in [2.05, 4.69) is 46.5 Å². The molecule has 0 aromatic heterocycles. The molecule has 1 aliphatic carbocycles. The average Bonchev–Trinajstić information content (AvgIpc) is 2.92. The Kier molecular flexibility index (Phi) is 7.22. The number of hydrogen-bond donors (Lipinski definition) is 5. The molecule has 9 atom stereocenters. The Morgan fingerprint density at radius 1 is 1.10 bits per heavy atom. The van der Waals surface area contributed by atoms with Crippen molar-refractivity contribution in [1.29, 1.82) is 0 Å². The maximum Gasteiger partial charge on any atom is 0.125 e. The zero-order chi connectivity index (χ0) is 20.4. The van der Waals surface area contributed by atoms with E-state index >= 15 is 4.39 Å². The maximum atomic E-state index is 16.0. The molecule has 0 radical (unpaired) electrons. The van der Waals surface area contributed by atoms with Crippen molar-refractivity contribution in [1.82, 2.24) is 26.6 Å². The average molecular weight is 412 g/mol. The number of ether oxygens (including phenoxy) is 2. The minimum Gasteiger partial charge on any atom is -0.373 e. The van der Waals surface area contributed by atoms with Gasteiger partial charge in [-0.05, 0) is 46.6 Å². The summed E-state index contributed by atoms with van der Waals surface area (Å²) >= 11 is 0. The smallest absolute Gasteiger partial charge is 0.125 e. The lowest BCUT2D eigenvalue weighted by atomic mass is 9.74. The first-order valence-corrected chi connectivity index (χ1v) is 11.3. The summed E-state index contributed by atoms with van der Waals surface area (Å²) in [6, 6.07) is 0.516. The highest BCUT2D eigenvalue weighted by Gasteiger charge is 2.49. The van der Waals surface area contributed by atoms with Crippen LogP contribution in [-0.4, -0.2) is 75.8 Å². The van der Waals surface area contributed by atoms with Crippen LogP contribution in [0.15, 0.2) is 11.6 Å². The van der Waals surface area contributed by atoms with Crippen LogP contribution in [-0.2, 0) is 9.47 Å². The van der Waals surface area contributed by atoms with Crippen molar-refractivity contribution in [3.8, 4) is 0 Å². The summed E-state index contributed by atoms with van der Waals surface area (Å²) in [4.78, 5) is 0. The van der Waals surface area contributed by atoms with Gasteiger partial charge in [-0.25, -0.2) is 4.39 Å². The lowest BCUT2D eigenvalue weighted by molar-refractivity contribution is -0.187. The molecule has 0 bridgehead atoms. The molecular weight excluding hydrogens is 373 g/mol. The van der Waals surface area contributed by atoms with E-state index in [0.717, 1.165) is 25.8 Å². The van der Waals surface area contributed by atoms with Gasteiger partial charge in [0, 0.05) is 30.6 Å². The van der Waals surface area contributed by atoms with Crippen LogP contribution in [0.3, 0.4) is 0 Å². The van der Waals surface area contributed by atoms with Crippen LogP contribution in [0.2, 0.25) is 0 Å². The molecule has 0 amide bonds. The molecule has 29 heavy (non-hydrogen) atoms. The van der Waals surface area contributed by atoms with Gasteiger partial charge in [0.05, 0.1) is 31.6 Å². The third-order valence-corrected chi connectivity index (χ3v) is 6.92. The van der Waals surface area contributed by atoms with E-state index in [1.54, 1.807) is 0 Å². The number of halogens is 1.